The van der Waals surface area contributed by atoms with E-state index < -0.39 is 0 Å². The van der Waals surface area contributed by atoms with Gasteiger partial charge in [-0.25, -0.2) is 4.98 Å². The van der Waals surface area contributed by atoms with Crippen LogP contribution in [0.4, 0.5) is 17.7 Å². The minimum atomic E-state index is -0.261. The Labute approximate surface area is 164 Å². The van der Waals surface area contributed by atoms with Gasteiger partial charge in [0.25, 0.3) is 5.91 Å². The standard InChI is InChI=1S/C19H24N8O/c1-4-8-20-17(28)14-6-7-16(21-13-14)23-18-22-15(5-2)24-19(25-18)27-11-9-26(3)10-12-27/h1,6-7,13H,5,8-12H2,2-3H3,(H,20,28)(H,21,22,23,24,25). The van der Waals surface area contributed by atoms with E-state index in [2.05, 4.69) is 53.3 Å². The molecule has 0 aromatic carbocycles. The van der Waals surface area contributed by atoms with Gasteiger partial charge >= 0.3 is 0 Å². The zero-order valence-corrected chi connectivity index (χ0v) is 16.1. The van der Waals surface area contributed by atoms with Crippen LogP contribution >= 0.6 is 0 Å². The first-order chi connectivity index (χ1) is 13.6. The molecule has 0 spiro atoms. The Morgan fingerprint density at radius 2 is 2.00 bits per heavy atom. The van der Waals surface area contributed by atoms with Gasteiger partial charge < -0.3 is 20.4 Å². The van der Waals surface area contributed by atoms with Gasteiger partial charge in [0, 0.05) is 38.8 Å². The average molecular weight is 380 g/mol. The van der Waals surface area contributed by atoms with Gasteiger partial charge in [0.1, 0.15) is 11.6 Å². The van der Waals surface area contributed by atoms with Gasteiger partial charge in [0.15, 0.2) is 0 Å². The minimum Gasteiger partial charge on any atom is -0.341 e. The van der Waals surface area contributed by atoms with Crippen LogP contribution in [0.3, 0.4) is 0 Å². The van der Waals surface area contributed by atoms with Crippen molar-refractivity contribution in [2.75, 3.05) is 50.0 Å². The molecule has 9 nitrogen and oxygen atoms in total. The van der Waals surface area contributed by atoms with E-state index in [1.807, 2.05) is 6.92 Å². The molecule has 1 aliphatic heterocycles. The molecule has 2 N–H and O–H groups in total. The number of aromatic nitrogens is 4. The third-order valence-electron chi connectivity index (χ3n) is 4.39. The second-order valence-electron chi connectivity index (χ2n) is 6.46. The first-order valence-electron chi connectivity index (χ1n) is 9.22. The van der Waals surface area contributed by atoms with E-state index in [1.165, 1.54) is 6.20 Å². The summed E-state index contributed by atoms with van der Waals surface area (Å²) in [4.78, 5) is 34.2. The third kappa shape index (κ3) is 4.92. The molecule has 0 radical (unpaired) electrons. The number of hydrogen-bond donors (Lipinski definition) is 2. The number of carbonyl (C=O) groups is 1. The Morgan fingerprint density at radius 3 is 2.64 bits per heavy atom. The van der Waals surface area contributed by atoms with E-state index in [9.17, 15) is 4.79 Å². The van der Waals surface area contributed by atoms with Crippen molar-refractivity contribution in [2.24, 2.45) is 0 Å². The molecular formula is C19H24N8O. The molecule has 0 unspecified atom stereocenters. The molecule has 2 aromatic heterocycles. The first-order valence-corrected chi connectivity index (χ1v) is 9.22. The Balaban J connectivity index is 1.73. The second kappa shape index (κ2) is 9.10. The number of aryl methyl sites for hydroxylation is 1. The highest BCUT2D eigenvalue weighted by Crippen LogP contribution is 2.16. The smallest absolute Gasteiger partial charge is 0.253 e. The molecule has 146 valence electrons. The fourth-order valence-electron chi connectivity index (χ4n) is 2.72. The zero-order valence-electron chi connectivity index (χ0n) is 16.1. The average Bonchev–Trinajstić information content (AvgIpc) is 2.72. The van der Waals surface area contributed by atoms with Crippen molar-refractivity contribution in [2.45, 2.75) is 13.3 Å². The van der Waals surface area contributed by atoms with Crippen LogP contribution < -0.4 is 15.5 Å². The van der Waals surface area contributed by atoms with E-state index in [0.717, 1.165) is 32.0 Å². The maximum Gasteiger partial charge on any atom is 0.253 e. The van der Waals surface area contributed by atoms with Crippen LogP contribution in [0, 0.1) is 12.3 Å². The molecule has 0 bridgehead atoms. The van der Waals surface area contributed by atoms with Gasteiger partial charge in [-0.3, -0.25) is 4.79 Å². The number of rotatable bonds is 6. The predicted octanol–water partition coefficient (Wildman–Crippen LogP) is 0.687. The van der Waals surface area contributed by atoms with Crippen LogP contribution in [0.2, 0.25) is 0 Å². The number of nitrogens with zero attached hydrogens (tertiary/aromatic N) is 6. The Morgan fingerprint density at radius 1 is 1.21 bits per heavy atom. The number of amides is 1. The molecule has 3 heterocycles. The lowest BCUT2D eigenvalue weighted by Gasteiger charge is -2.32. The number of hydrogen-bond acceptors (Lipinski definition) is 8. The minimum absolute atomic E-state index is 0.179. The number of carbonyl (C=O) groups excluding carboxylic acids is 1. The highest BCUT2D eigenvalue weighted by atomic mass is 16.1. The largest absolute Gasteiger partial charge is 0.341 e. The molecule has 28 heavy (non-hydrogen) atoms. The van der Waals surface area contributed by atoms with Crippen LogP contribution in [0.25, 0.3) is 0 Å². The maximum absolute atomic E-state index is 11.9. The molecule has 3 rings (SSSR count). The van der Waals surface area contributed by atoms with Crippen LogP contribution in [-0.2, 0) is 6.42 Å². The van der Waals surface area contributed by atoms with Gasteiger partial charge in [-0.1, -0.05) is 12.8 Å². The first kappa shape index (κ1) is 19.5. The lowest BCUT2D eigenvalue weighted by Crippen LogP contribution is -2.45. The van der Waals surface area contributed by atoms with Gasteiger partial charge in [-0.05, 0) is 19.2 Å². The van der Waals surface area contributed by atoms with Crippen molar-refractivity contribution in [1.29, 1.82) is 0 Å². The number of anilines is 3. The number of terminal acetylenes is 1. The van der Waals surface area contributed by atoms with Gasteiger partial charge in [-0.2, -0.15) is 15.0 Å². The lowest BCUT2D eigenvalue weighted by molar-refractivity contribution is 0.0958. The molecule has 1 amide bonds. The summed E-state index contributed by atoms with van der Waals surface area (Å²) in [5.41, 5.74) is 0.434. The molecule has 9 heteroatoms. The molecule has 0 aliphatic carbocycles. The topological polar surface area (TPSA) is 99.2 Å². The number of pyridine rings is 1. The van der Waals surface area contributed by atoms with Crippen molar-refractivity contribution in [1.82, 2.24) is 30.2 Å². The quantitative estimate of drug-likeness (QED) is 0.706. The highest BCUT2D eigenvalue weighted by Gasteiger charge is 2.18. The summed E-state index contributed by atoms with van der Waals surface area (Å²) in [6.07, 6.45) is 7.34. The summed E-state index contributed by atoms with van der Waals surface area (Å²) >= 11 is 0. The van der Waals surface area contributed by atoms with Gasteiger partial charge in [-0.15, -0.1) is 6.42 Å². The number of nitrogens with one attached hydrogen (secondary N) is 2. The summed E-state index contributed by atoms with van der Waals surface area (Å²) in [7, 11) is 2.11. The second-order valence-corrected chi connectivity index (χ2v) is 6.46. The Kier molecular flexibility index (Phi) is 6.34. The number of piperazine rings is 1. The van der Waals surface area contributed by atoms with Crippen molar-refractivity contribution in [3.63, 3.8) is 0 Å². The summed E-state index contributed by atoms with van der Waals surface area (Å²) in [5, 5.41) is 5.70. The predicted molar refractivity (Wildman–Crippen MR) is 108 cm³/mol. The lowest BCUT2D eigenvalue weighted by atomic mass is 10.2. The van der Waals surface area contributed by atoms with E-state index in [4.69, 9.17) is 6.42 Å². The fourth-order valence-corrected chi connectivity index (χ4v) is 2.72. The summed E-state index contributed by atoms with van der Waals surface area (Å²) in [6, 6.07) is 3.38. The van der Waals surface area contributed by atoms with Crippen molar-refractivity contribution in [3.8, 4) is 12.3 Å². The zero-order chi connectivity index (χ0) is 19.9. The third-order valence-corrected chi connectivity index (χ3v) is 4.39. The molecule has 0 atom stereocenters. The van der Waals surface area contributed by atoms with Crippen molar-refractivity contribution >= 4 is 23.6 Å². The molecule has 1 aliphatic rings. The summed E-state index contributed by atoms with van der Waals surface area (Å²) in [5.74, 6) is 4.49. The Hall–Kier alpha value is -3.25. The maximum atomic E-state index is 11.9. The van der Waals surface area contributed by atoms with Crippen LogP contribution in [0.5, 0.6) is 0 Å². The molecule has 1 fully saturated rings. The van der Waals surface area contributed by atoms with Gasteiger partial charge in [0.2, 0.25) is 11.9 Å². The summed E-state index contributed by atoms with van der Waals surface area (Å²) < 4.78 is 0. The molecule has 1 saturated heterocycles. The number of likely N-dealkylation sites (N-methyl/N-ethyl adjacent to an activating group) is 1. The van der Waals surface area contributed by atoms with Crippen molar-refractivity contribution in [3.05, 3.63) is 29.7 Å². The molecule has 2 aromatic rings. The van der Waals surface area contributed by atoms with Crippen LogP contribution in [0.15, 0.2) is 18.3 Å². The van der Waals surface area contributed by atoms with E-state index in [0.29, 0.717) is 29.7 Å². The monoisotopic (exact) mass is 380 g/mol. The van der Waals surface area contributed by atoms with E-state index >= 15 is 0 Å². The Bertz CT molecular complexity index is 853. The SMILES string of the molecule is C#CCNC(=O)c1ccc(Nc2nc(CC)nc(N3CCN(C)CC3)n2)nc1. The van der Waals surface area contributed by atoms with Crippen LogP contribution in [0.1, 0.15) is 23.1 Å². The van der Waals surface area contributed by atoms with E-state index in [1.54, 1.807) is 12.1 Å². The van der Waals surface area contributed by atoms with Gasteiger partial charge in [0.05, 0.1) is 12.1 Å². The summed E-state index contributed by atoms with van der Waals surface area (Å²) in [6.45, 7) is 5.89. The molecular weight excluding hydrogens is 356 g/mol. The fraction of sp³-hybridized carbons (Fsp3) is 0.421. The molecule has 0 saturated carbocycles. The van der Waals surface area contributed by atoms with E-state index in [-0.39, 0.29) is 12.5 Å². The van der Waals surface area contributed by atoms with Crippen molar-refractivity contribution < 1.29 is 4.79 Å². The van der Waals surface area contributed by atoms with Crippen LogP contribution in [-0.4, -0.2) is 70.5 Å². The highest BCUT2D eigenvalue weighted by molar-refractivity contribution is 5.94. The normalized spacial score (nSPS) is 14.4.